The minimum Gasteiger partial charge on any atom is -0.377 e. The number of fused-ring (bicyclic) bond motifs is 1. The number of anilines is 2. The topological polar surface area (TPSA) is 82.6 Å². The van der Waals surface area contributed by atoms with Crippen molar-refractivity contribution in [2.45, 2.75) is 44.9 Å². The summed E-state index contributed by atoms with van der Waals surface area (Å²) in [5.41, 5.74) is 4.04. The number of nitrogens with zero attached hydrogens (tertiary/aromatic N) is 4. The molecule has 1 saturated carbocycles. The highest BCUT2D eigenvalue weighted by Crippen LogP contribution is 2.33. The molecule has 1 aromatic heterocycles. The van der Waals surface area contributed by atoms with Gasteiger partial charge in [0.2, 0.25) is 0 Å². The van der Waals surface area contributed by atoms with Crippen LogP contribution in [0.5, 0.6) is 0 Å². The minimum atomic E-state index is -0.148. The minimum absolute atomic E-state index is 0.148. The fourth-order valence-corrected chi connectivity index (χ4v) is 4.08. The number of urea groups is 1. The monoisotopic (exact) mass is 408 g/mol. The lowest BCUT2D eigenvalue weighted by molar-refractivity contribution is 0.0984. The van der Waals surface area contributed by atoms with E-state index in [1.165, 1.54) is 5.56 Å². The first-order valence-corrected chi connectivity index (χ1v) is 10.7. The van der Waals surface area contributed by atoms with E-state index in [0.29, 0.717) is 12.6 Å². The summed E-state index contributed by atoms with van der Waals surface area (Å²) in [6.45, 7) is 6.15. The summed E-state index contributed by atoms with van der Waals surface area (Å²) >= 11 is 0. The molecule has 3 aliphatic rings. The van der Waals surface area contributed by atoms with Gasteiger partial charge in [0.1, 0.15) is 5.82 Å². The van der Waals surface area contributed by atoms with Crippen LogP contribution in [0, 0.1) is 0 Å². The first-order chi connectivity index (χ1) is 14.6. The first-order valence-electron chi connectivity index (χ1n) is 10.7. The molecule has 2 N–H and O–H groups in total. The summed E-state index contributed by atoms with van der Waals surface area (Å²) in [6, 6.07) is 8.23. The van der Waals surface area contributed by atoms with Crippen molar-refractivity contribution in [3.8, 4) is 11.4 Å². The van der Waals surface area contributed by atoms with E-state index in [9.17, 15) is 4.79 Å². The third-order valence-corrected chi connectivity index (χ3v) is 5.87. The molecule has 8 nitrogen and oxygen atoms in total. The second-order valence-corrected chi connectivity index (χ2v) is 8.54. The zero-order valence-electron chi connectivity index (χ0n) is 17.5. The van der Waals surface area contributed by atoms with Crippen LogP contribution in [0.3, 0.4) is 0 Å². The lowest BCUT2D eigenvalue weighted by Crippen LogP contribution is -2.44. The zero-order chi connectivity index (χ0) is 20.7. The fourth-order valence-electron chi connectivity index (χ4n) is 4.08. The van der Waals surface area contributed by atoms with Gasteiger partial charge in [-0.15, -0.1) is 0 Å². The third kappa shape index (κ3) is 3.97. The van der Waals surface area contributed by atoms with Crippen molar-refractivity contribution in [2.24, 2.45) is 0 Å². The molecule has 0 spiro atoms. The molecule has 5 rings (SSSR count). The number of rotatable bonds is 4. The fraction of sp³-hybridized carbons (Fsp3) is 0.500. The molecule has 1 atom stereocenters. The van der Waals surface area contributed by atoms with Crippen molar-refractivity contribution < 1.29 is 9.53 Å². The normalized spacial score (nSPS) is 21.4. The molecule has 1 unspecified atom stereocenters. The Bertz CT molecular complexity index is 943. The van der Waals surface area contributed by atoms with Gasteiger partial charge in [-0.1, -0.05) is 0 Å². The van der Waals surface area contributed by atoms with Gasteiger partial charge in [-0.25, -0.2) is 14.8 Å². The highest BCUT2D eigenvalue weighted by molar-refractivity contribution is 5.89. The molecule has 0 radical (unpaired) electrons. The largest absolute Gasteiger partial charge is 0.377 e. The molecule has 2 amide bonds. The van der Waals surface area contributed by atoms with E-state index in [1.54, 1.807) is 0 Å². The summed E-state index contributed by atoms with van der Waals surface area (Å²) in [5, 5.41) is 5.82. The van der Waals surface area contributed by atoms with Gasteiger partial charge in [0.25, 0.3) is 0 Å². The Labute approximate surface area is 176 Å². The number of benzene rings is 1. The van der Waals surface area contributed by atoms with E-state index >= 15 is 0 Å². The van der Waals surface area contributed by atoms with E-state index in [-0.39, 0.29) is 12.1 Å². The van der Waals surface area contributed by atoms with Crippen LogP contribution in [-0.2, 0) is 17.8 Å². The quantitative estimate of drug-likeness (QED) is 0.809. The Morgan fingerprint density at radius 2 is 1.97 bits per heavy atom. The predicted octanol–water partition coefficient (Wildman–Crippen LogP) is 2.60. The molecule has 158 valence electrons. The van der Waals surface area contributed by atoms with Crippen LogP contribution in [0.15, 0.2) is 24.3 Å². The van der Waals surface area contributed by atoms with Gasteiger partial charge in [0, 0.05) is 42.5 Å². The Morgan fingerprint density at radius 3 is 2.70 bits per heavy atom. The molecule has 0 bridgehead atoms. The molecule has 30 heavy (non-hydrogen) atoms. The van der Waals surface area contributed by atoms with Crippen LogP contribution < -0.4 is 15.5 Å². The number of amides is 2. The summed E-state index contributed by atoms with van der Waals surface area (Å²) in [4.78, 5) is 26.5. The third-order valence-electron chi connectivity index (χ3n) is 5.87. The lowest BCUT2D eigenvalue weighted by Gasteiger charge is -2.35. The lowest BCUT2D eigenvalue weighted by atomic mass is 10.1. The van der Waals surface area contributed by atoms with Crippen LogP contribution in [0.25, 0.3) is 11.4 Å². The van der Waals surface area contributed by atoms with Crippen molar-refractivity contribution in [1.82, 2.24) is 20.2 Å². The molecular formula is C22H28N6O2. The molecule has 2 fully saturated rings. The Balaban J connectivity index is 1.42. The summed E-state index contributed by atoms with van der Waals surface area (Å²) in [7, 11) is 2.11. The molecule has 1 saturated heterocycles. The van der Waals surface area contributed by atoms with Gasteiger partial charge < -0.3 is 20.3 Å². The molecule has 1 aromatic carbocycles. The van der Waals surface area contributed by atoms with Gasteiger partial charge in [0.15, 0.2) is 5.82 Å². The highest BCUT2D eigenvalue weighted by atomic mass is 16.5. The van der Waals surface area contributed by atoms with Crippen molar-refractivity contribution in [3.63, 3.8) is 0 Å². The molecule has 2 aromatic rings. The van der Waals surface area contributed by atoms with Gasteiger partial charge in [-0.3, -0.25) is 4.90 Å². The van der Waals surface area contributed by atoms with E-state index in [0.717, 1.165) is 67.7 Å². The van der Waals surface area contributed by atoms with E-state index in [4.69, 9.17) is 14.7 Å². The van der Waals surface area contributed by atoms with Crippen LogP contribution >= 0.6 is 0 Å². The molecule has 8 heteroatoms. The number of hydrogen-bond donors (Lipinski definition) is 2. The average molecular weight is 409 g/mol. The summed E-state index contributed by atoms with van der Waals surface area (Å²) in [5.74, 6) is 1.76. The second kappa shape index (κ2) is 7.85. The maximum absolute atomic E-state index is 12.0. The number of ether oxygens (including phenoxy) is 1. The number of hydrogen-bond acceptors (Lipinski definition) is 6. The Morgan fingerprint density at radius 1 is 1.17 bits per heavy atom. The van der Waals surface area contributed by atoms with E-state index in [1.807, 2.05) is 24.3 Å². The van der Waals surface area contributed by atoms with Crippen molar-refractivity contribution >= 4 is 17.5 Å². The van der Waals surface area contributed by atoms with Crippen molar-refractivity contribution in [1.29, 1.82) is 0 Å². The van der Waals surface area contributed by atoms with Gasteiger partial charge >= 0.3 is 6.03 Å². The second-order valence-electron chi connectivity index (χ2n) is 8.54. The number of carbonyl (C=O) groups is 1. The van der Waals surface area contributed by atoms with E-state index < -0.39 is 0 Å². The van der Waals surface area contributed by atoms with Crippen LogP contribution in [0.1, 0.15) is 31.0 Å². The van der Waals surface area contributed by atoms with Gasteiger partial charge in [0.05, 0.1) is 24.9 Å². The van der Waals surface area contributed by atoms with Crippen LogP contribution in [0.4, 0.5) is 16.3 Å². The molecule has 1 aliphatic carbocycles. The number of carbonyl (C=O) groups excluding carboxylic acids is 1. The SMILES string of the molecule is CC1COCCN1c1nc(-c2ccc(NC(=O)NC3CC3)cc2)nc2c1CN(C)C2. The van der Waals surface area contributed by atoms with E-state index in [2.05, 4.69) is 34.4 Å². The Kier molecular flexibility index (Phi) is 5.04. The van der Waals surface area contributed by atoms with Crippen molar-refractivity contribution in [2.75, 3.05) is 37.0 Å². The number of morpholine rings is 1. The maximum atomic E-state index is 12.0. The Hall–Kier alpha value is -2.71. The summed E-state index contributed by atoms with van der Waals surface area (Å²) < 4.78 is 5.63. The number of nitrogens with one attached hydrogen (secondary N) is 2. The molecule has 2 aliphatic heterocycles. The predicted molar refractivity (Wildman–Crippen MR) is 115 cm³/mol. The molecular weight excluding hydrogens is 380 g/mol. The standard InChI is InChI=1S/C22H28N6O2/c1-14-13-30-10-9-28(14)21-18-11-27(2)12-19(18)25-20(26-21)15-3-5-16(6-4-15)23-22(29)24-17-7-8-17/h3-6,14,17H,7-13H2,1-2H3,(H2,23,24,29). The average Bonchev–Trinajstić information content (AvgIpc) is 3.45. The zero-order valence-corrected chi connectivity index (χ0v) is 17.5. The molecule has 3 heterocycles. The highest BCUT2D eigenvalue weighted by Gasteiger charge is 2.29. The maximum Gasteiger partial charge on any atom is 0.319 e. The van der Waals surface area contributed by atoms with Crippen LogP contribution in [-0.4, -0.2) is 59.8 Å². The van der Waals surface area contributed by atoms with Crippen LogP contribution in [0.2, 0.25) is 0 Å². The van der Waals surface area contributed by atoms with Crippen molar-refractivity contribution in [3.05, 3.63) is 35.5 Å². The first kappa shape index (κ1) is 19.3. The van der Waals surface area contributed by atoms with Gasteiger partial charge in [-0.05, 0) is 51.1 Å². The smallest absolute Gasteiger partial charge is 0.319 e. The summed E-state index contributed by atoms with van der Waals surface area (Å²) in [6.07, 6.45) is 2.14. The van der Waals surface area contributed by atoms with Gasteiger partial charge in [-0.2, -0.15) is 0 Å². The number of aromatic nitrogens is 2.